The van der Waals surface area contributed by atoms with E-state index in [1.807, 2.05) is 37.2 Å². The fraction of sp³-hybridized carbons (Fsp3) is 0.115. The van der Waals surface area contributed by atoms with Crippen molar-refractivity contribution in [3.8, 4) is 44.5 Å². The normalized spacial score (nSPS) is 14.6. The SMILES string of the molecule is c1ccc2c(c1)Cc1c-2ccc2c1Cc1cccc3c1N2c1cccnc1C3.c1ccc2c(c1)Cc1c-2ccc2c1Cc1cccc3c1N2c1ccncc1C3.c1ccc2c(c1)Cc1c-2ccc2c1Cc1cccc3c1N2c1cnccc1C3.c1ccc2c(c1)Cc1c-2ccc2c1Cc1cccc3c1N2c1ncccc1C3. The highest BCUT2D eigenvalue weighted by Gasteiger charge is 2.41. The van der Waals surface area contributed by atoms with Gasteiger partial charge in [0, 0.05) is 82.4 Å². The molecule has 528 valence electrons. The molecule has 4 aliphatic carbocycles. The lowest BCUT2D eigenvalue weighted by Gasteiger charge is -2.39. The van der Waals surface area contributed by atoms with Crippen molar-refractivity contribution >= 4 is 68.4 Å². The number of fused-ring (bicyclic) bond motifs is 32. The number of aromatic nitrogens is 4. The zero-order valence-corrected chi connectivity index (χ0v) is 61.8. The molecule has 0 fully saturated rings. The molecule has 12 heterocycles. The molecule has 112 heavy (non-hydrogen) atoms. The van der Waals surface area contributed by atoms with E-state index in [1.165, 1.54) is 241 Å². The van der Waals surface area contributed by atoms with Crippen LogP contribution in [-0.4, -0.2) is 19.9 Å². The van der Waals surface area contributed by atoms with Crippen LogP contribution in [0.4, 0.5) is 68.4 Å². The monoisotopic (exact) mass is 1430 g/mol. The van der Waals surface area contributed by atoms with Crippen molar-refractivity contribution in [2.24, 2.45) is 0 Å². The van der Waals surface area contributed by atoms with Crippen molar-refractivity contribution in [3.63, 3.8) is 0 Å². The maximum absolute atomic E-state index is 4.80. The first-order chi connectivity index (χ1) is 55.5. The Labute approximate surface area is 651 Å². The summed E-state index contributed by atoms with van der Waals surface area (Å²) in [4.78, 5) is 28.2. The van der Waals surface area contributed by atoms with E-state index >= 15 is 0 Å². The van der Waals surface area contributed by atoms with Crippen molar-refractivity contribution in [2.45, 2.75) is 77.0 Å². The summed E-state index contributed by atoms with van der Waals surface area (Å²) in [5.41, 5.74) is 60.1. The first kappa shape index (κ1) is 62.3. The lowest BCUT2D eigenvalue weighted by molar-refractivity contribution is 0.963. The molecule has 0 N–H and O–H groups in total. The number of para-hydroxylation sites is 4. The van der Waals surface area contributed by atoms with Crippen LogP contribution in [0, 0.1) is 0 Å². The van der Waals surface area contributed by atoms with E-state index < -0.39 is 0 Å². The summed E-state index contributed by atoms with van der Waals surface area (Å²) in [6, 6.07) is 94.1. The number of hydrogen-bond acceptors (Lipinski definition) is 8. The molecule has 0 radical (unpaired) electrons. The Morgan fingerprint density at radius 3 is 1.00 bits per heavy atom. The Morgan fingerprint density at radius 1 is 0.179 bits per heavy atom. The Bertz CT molecular complexity index is 6020. The molecule has 4 aromatic heterocycles. The number of hydrogen-bond donors (Lipinski definition) is 0. The van der Waals surface area contributed by atoms with Crippen molar-refractivity contribution in [2.75, 3.05) is 19.6 Å². The lowest BCUT2D eigenvalue weighted by atomic mass is 9.84. The second-order valence-electron chi connectivity index (χ2n) is 32.1. The molecule has 0 saturated heterocycles. The van der Waals surface area contributed by atoms with Gasteiger partial charge in [0.05, 0.1) is 74.5 Å². The summed E-state index contributed by atoms with van der Waals surface area (Å²) >= 11 is 0. The van der Waals surface area contributed by atoms with Crippen molar-refractivity contribution < 1.29 is 0 Å². The molecular weight excluding hydrogens is 1360 g/mol. The predicted octanol–water partition coefficient (Wildman–Crippen LogP) is 23.7. The van der Waals surface area contributed by atoms with Gasteiger partial charge in [-0.15, -0.1) is 0 Å². The highest BCUT2D eigenvalue weighted by atomic mass is 15.2. The Morgan fingerprint density at radius 2 is 0.518 bits per heavy atom. The van der Waals surface area contributed by atoms with Gasteiger partial charge < -0.3 is 14.7 Å². The number of benzene rings is 12. The van der Waals surface area contributed by atoms with Gasteiger partial charge in [-0.25, -0.2) is 4.98 Å². The summed E-state index contributed by atoms with van der Waals surface area (Å²) in [7, 11) is 0. The Kier molecular flexibility index (Phi) is 13.3. The summed E-state index contributed by atoms with van der Waals surface area (Å²) in [6.07, 6.45) is 23.8. The van der Waals surface area contributed by atoms with E-state index in [0.29, 0.717) is 0 Å². The molecule has 0 spiro atoms. The second-order valence-corrected chi connectivity index (χ2v) is 32.1. The van der Waals surface area contributed by atoms with Crippen molar-refractivity contribution in [1.82, 2.24) is 19.9 Å². The maximum Gasteiger partial charge on any atom is 0.141 e. The predicted molar refractivity (Wildman–Crippen MR) is 451 cm³/mol. The molecule has 8 nitrogen and oxygen atoms in total. The molecule has 16 aromatic rings. The lowest BCUT2D eigenvalue weighted by Crippen LogP contribution is -2.26. The van der Waals surface area contributed by atoms with E-state index in [9.17, 15) is 0 Å². The topological polar surface area (TPSA) is 64.5 Å². The summed E-state index contributed by atoms with van der Waals surface area (Å²) in [6.45, 7) is 0. The molecule has 12 aromatic carbocycles. The van der Waals surface area contributed by atoms with E-state index in [1.54, 1.807) is 0 Å². The van der Waals surface area contributed by atoms with Gasteiger partial charge in [0.2, 0.25) is 0 Å². The first-order valence-corrected chi connectivity index (χ1v) is 39.8. The summed E-state index contributed by atoms with van der Waals surface area (Å²) in [5, 5.41) is 0. The number of rotatable bonds is 0. The Balaban J connectivity index is 0.0000000847. The quantitative estimate of drug-likeness (QED) is 0.149. The zero-order valence-electron chi connectivity index (χ0n) is 61.8. The summed E-state index contributed by atoms with van der Waals surface area (Å²) in [5.74, 6) is 1.10. The van der Waals surface area contributed by atoms with Gasteiger partial charge in [-0.3, -0.25) is 19.9 Å². The second kappa shape index (κ2) is 24.0. The van der Waals surface area contributed by atoms with Gasteiger partial charge in [-0.1, -0.05) is 200 Å². The molecule has 8 aliphatic heterocycles. The molecule has 0 bridgehead atoms. The van der Waals surface area contributed by atoms with Crippen LogP contribution < -0.4 is 19.6 Å². The maximum atomic E-state index is 4.80. The summed E-state index contributed by atoms with van der Waals surface area (Å²) < 4.78 is 0. The van der Waals surface area contributed by atoms with Gasteiger partial charge >= 0.3 is 0 Å². The minimum absolute atomic E-state index is 0.918. The minimum atomic E-state index is 0.918. The molecule has 0 amide bonds. The van der Waals surface area contributed by atoms with Crippen LogP contribution in [0.5, 0.6) is 0 Å². The first-order valence-electron chi connectivity index (χ1n) is 39.8. The minimum Gasteiger partial charge on any atom is -0.309 e. The fourth-order valence-electron chi connectivity index (χ4n) is 21.6. The molecule has 8 heteroatoms. The standard InChI is InChI=1S/4C26H18N2/c1-2-9-20-16(5-1)14-22-21(20)10-11-24-23(22)15-18-7-3-6-17-13-19-8-4-12-27-26(19)28(24)25(17)18;1-2-8-19-16(5-1)13-21-20(19)10-11-24-22(21)14-17-6-3-7-18-15-23-25(9-4-12-27-23)28(24)26(17)18;1-2-7-20-16(4-1)13-22-21(20)8-9-24-23(22)14-19-6-3-5-18-12-17-10-11-27-15-25(17)28(24)26(18)19;1-2-7-20-16(4-1)13-22-21(20)8-9-25-23(22)14-18-6-3-5-17-12-19-15-27-11-10-24(19)28(25)26(17)18/h2*1-12H,13-15H2;2*1-11,15H,12-14H2. The van der Waals surface area contributed by atoms with Crippen LogP contribution in [0.2, 0.25) is 0 Å². The van der Waals surface area contributed by atoms with Gasteiger partial charge in [0.25, 0.3) is 0 Å². The smallest absolute Gasteiger partial charge is 0.141 e. The third-order valence-corrected chi connectivity index (χ3v) is 26.4. The molecular formula is C104H72N8. The van der Waals surface area contributed by atoms with E-state index in [4.69, 9.17) is 9.97 Å². The highest BCUT2D eigenvalue weighted by molar-refractivity contribution is 5.98. The average Bonchev–Trinajstić information content (AvgIpc) is 1.17. The molecule has 0 saturated carbocycles. The van der Waals surface area contributed by atoms with Crippen LogP contribution in [0.25, 0.3) is 44.5 Å². The third-order valence-electron chi connectivity index (χ3n) is 26.4. The Hall–Kier alpha value is -13.6. The van der Waals surface area contributed by atoms with Gasteiger partial charge in [0.15, 0.2) is 0 Å². The van der Waals surface area contributed by atoms with Crippen LogP contribution in [0.1, 0.15) is 134 Å². The van der Waals surface area contributed by atoms with Crippen LogP contribution in [0.15, 0.2) is 292 Å². The molecule has 0 unspecified atom stereocenters. The third kappa shape index (κ3) is 9.12. The van der Waals surface area contributed by atoms with Gasteiger partial charge in [-0.2, -0.15) is 0 Å². The van der Waals surface area contributed by atoms with E-state index in [0.717, 1.165) is 82.9 Å². The van der Waals surface area contributed by atoms with Crippen molar-refractivity contribution in [3.05, 3.63) is 426 Å². The fourth-order valence-corrected chi connectivity index (χ4v) is 21.6. The average molecular weight is 1430 g/mol. The zero-order chi connectivity index (χ0) is 73.0. The molecule has 12 aliphatic rings. The van der Waals surface area contributed by atoms with Crippen LogP contribution in [0.3, 0.4) is 0 Å². The van der Waals surface area contributed by atoms with E-state index in [2.05, 4.69) is 284 Å². The van der Waals surface area contributed by atoms with Gasteiger partial charge in [0.1, 0.15) is 5.82 Å². The number of pyridine rings is 4. The van der Waals surface area contributed by atoms with Gasteiger partial charge in [-0.05, 0) is 253 Å². The highest BCUT2D eigenvalue weighted by Crippen LogP contribution is 2.59. The number of anilines is 12. The van der Waals surface area contributed by atoms with E-state index in [-0.39, 0.29) is 0 Å². The van der Waals surface area contributed by atoms with Crippen LogP contribution in [-0.2, 0) is 77.0 Å². The van der Waals surface area contributed by atoms with Crippen LogP contribution >= 0.6 is 0 Å². The molecule has 0 atom stereocenters. The molecule has 28 rings (SSSR count). The largest absolute Gasteiger partial charge is 0.309 e. The van der Waals surface area contributed by atoms with Crippen molar-refractivity contribution in [1.29, 1.82) is 0 Å². The number of nitrogens with zero attached hydrogens (tertiary/aromatic N) is 8.